The zero-order chi connectivity index (χ0) is 23.9. The number of hydrogen-bond donors (Lipinski definition) is 2. The van der Waals surface area contributed by atoms with Gasteiger partial charge in [0, 0.05) is 44.3 Å². The van der Waals surface area contributed by atoms with Crippen LogP contribution in [0.15, 0.2) is 17.1 Å². The van der Waals surface area contributed by atoms with Gasteiger partial charge in [-0.25, -0.2) is 9.18 Å². The van der Waals surface area contributed by atoms with Gasteiger partial charge in [-0.05, 0) is 44.7 Å². The third-order valence-corrected chi connectivity index (χ3v) is 7.10. The second-order valence-electron chi connectivity index (χ2n) is 9.04. The summed E-state index contributed by atoms with van der Waals surface area (Å²) in [5.74, 6) is -2.17. The van der Waals surface area contributed by atoms with Gasteiger partial charge >= 0.3 is 5.97 Å². The smallest absolute Gasteiger partial charge is 0.341 e. The minimum Gasteiger partial charge on any atom is -0.504 e. The first kappa shape index (κ1) is 23.1. The minimum absolute atomic E-state index is 0.0139. The van der Waals surface area contributed by atoms with E-state index in [9.17, 15) is 19.8 Å². The molecule has 4 rings (SSSR count). The van der Waals surface area contributed by atoms with Crippen LogP contribution in [0, 0.1) is 23.1 Å². The van der Waals surface area contributed by atoms with Crippen molar-refractivity contribution in [2.24, 2.45) is 5.92 Å². The quantitative estimate of drug-likeness (QED) is 0.627. The molecule has 1 aromatic heterocycles. The summed E-state index contributed by atoms with van der Waals surface area (Å²) in [6, 6.07) is 3.43. The molecule has 1 saturated heterocycles. The van der Waals surface area contributed by atoms with Crippen molar-refractivity contribution in [2.75, 3.05) is 31.1 Å². The number of carboxylic acid groups (broad SMARTS) is 1. The van der Waals surface area contributed by atoms with Gasteiger partial charge in [0.1, 0.15) is 11.3 Å². The lowest BCUT2D eigenvalue weighted by Gasteiger charge is -2.32. The summed E-state index contributed by atoms with van der Waals surface area (Å²) in [7, 11) is 0. The number of anilines is 1. The summed E-state index contributed by atoms with van der Waals surface area (Å²) in [6.07, 6.45) is 4.15. The van der Waals surface area contributed by atoms with Gasteiger partial charge < -0.3 is 19.7 Å². The molecule has 33 heavy (non-hydrogen) atoms. The molecule has 0 bridgehead atoms. The molecule has 176 valence electrons. The maximum absolute atomic E-state index is 15.3. The highest BCUT2D eigenvalue weighted by Gasteiger charge is 2.35. The Morgan fingerprint density at radius 3 is 2.73 bits per heavy atom. The van der Waals surface area contributed by atoms with Crippen molar-refractivity contribution in [3.05, 3.63) is 33.9 Å². The summed E-state index contributed by atoms with van der Waals surface area (Å²) in [5.41, 5.74) is -0.953. The number of benzene rings is 1. The normalized spacial score (nSPS) is 19.2. The van der Waals surface area contributed by atoms with Gasteiger partial charge in [-0.15, -0.1) is 0 Å². The Labute approximate surface area is 191 Å². The molecule has 1 aromatic carbocycles. The SMILES string of the molecule is CCN(CCC#N)C(C)C1CCN(c2c(F)cc3c(=O)c(C(=O)O)cn(C4CC4)c3c2O)C1. The lowest BCUT2D eigenvalue weighted by Crippen LogP contribution is -2.40. The van der Waals surface area contributed by atoms with Crippen LogP contribution in [0.2, 0.25) is 0 Å². The molecule has 2 unspecified atom stereocenters. The number of phenolic OH excluding ortho intramolecular Hbond substituents is 1. The number of fused-ring (bicyclic) bond motifs is 1. The Bertz CT molecular complexity index is 1180. The lowest BCUT2D eigenvalue weighted by molar-refractivity contribution is 0.0694. The highest BCUT2D eigenvalue weighted by Crippen LogP contribution is 2.44. The molecular formula is C24H29FN4O4. The molecule has 9 heteroatoms. The van der Waals surface area contributed by atoms with Crippen LogP contribution >= 0.6 is 0 Å². The van der Waals surface area contributed by atoms with Crippen LogP contribution in [0.1, 0.15) is 55.9 Å². The van der Waals surface area contributed by atoms with E-state index in [0.29, 0.717) is 26.1 Å². The molecule has 2 aliphatic rings. The van der Waals surface area contributed by atoms with Gasteiger partial charge in [0.25, 0.3) is 0 Å². The van der Waals surface area contributed by atoms with Gasteiger partial charge in [0.2, 0.25) is 5.43 Å². The number of carbonyl (C=O) groups is 1. The van der Waals surface area contributed by atoms with Gasteiger partial charge in [-0.1, -0.05) is 6.92 Å². The van der Waals surface area contributed by atoms with E-state index in [0.717, 1.165) is 31.9 Å². The predicted octanol–water partition coefficient (Wildman–Crippen LogP) is 3.33. The first-order valence-electron chi connectivity index (χ1n) is 11.5. The molecule has 0 radical (unpaired) electrons. The van der Waals surface area contributed by atoms with Crippen LogP contribution in [0.25, 0.3) is 10.9 Å². The Balaban J connectivity index is 1.72. The zero-order valence-corrected chi connectivity index (χ0v) is 18.9. The standard InChI is InChI=1S/C24H29FN4O4/c1-3-27(9-4-8-26)14(2)15-7-10-28(12-15)21-19(25)11-17-20(23(21)31)29(16-5-6-16)13-18(22(17)30)24(32)33/h11,13-16,31H,3-7,9-10,12H2,1-2H3,(H,32,33). The summed E-state index contributed by atoms with van der Waals surface area (Å²) >= 11 is 0. The Morgan fingerprint density at radius 1 is 1.39 bits per heavy atom. The fourth-order valence-corrected chi connectivity index (χ4v) is 5.08. The van der Waals surface area contributed by atoms with Crippen molar-refractivity contribution in [1.29, 1.82) is 5.26 Å². The van der Waals surface area contributed by atoms with Crippen LogP contribution in [0.5, 0.6) is 5.75 Å². The molecule has 2 fully saturated rings. The predicted molar refractivity (Wildman–Crippen MR) is 122 cm³/mol. The lowest BCUT2D eigenvalue weighted by atomic mass is 9.98. The number of aromatic hydroxyl groups is 1. The number of aromatic nitrogens is 1. The molecule has 1 aliphatic carbocycles. The Morgan fingerprint density at radius 2 is 2.12 bits per heavy atom. The van der Waals surface area contributed by atoms with Gasteiger partial charge in [0.05, 0.1) is 17.0 Å². The first-order valence-corrected chi connectivity index (χ1v) is 11.5. The van der Waals surface area contributed by atoms with Gasteiger partial charge in [0.15, 0.2) is 11.6 Å². The van der Waals surface area contributed by atoms with Crippen molar-refractivity contribution >= 4 is 22.6 Å². The number of phenols is 1. The van der Waals surface area contributed by atoms with Crippen molar-refractivity contribution in [3.63, 3.8) is 0 Å². The molecule has 2 aromatic rings. The summed E-state index contributed by atoms with van der Waals surface area (Å²) in [6.45, 7) is 6.76. The van der Waals surface area contributed by atoms with Crippen LogP contribution in [-0.4, -0.2) is 57.9 Å². The molecule has 8 nitrogen and oxygen atoms in total. The molecule has 0 amide bonds. The van der Waals surface area contributed by atoms with E-state index in [4.69, 9.17) is 5.26 Å². The molecular weight excluding hydrogens is 427 g/mol. The molecule has 1 aliphatic heterocycles. The van der Waals surface area contributed by atoms with E-state index in [1.807, 2.05) is 4.90 Å². The number of halogens is 1. The second kappa shape index (κ2) is 9.02. The number of nitriles is 1. The fourth-order valence-electron chi connectivity index (χ4n) is 5.08. The Hall–Kier alpha value is -3.12. The van der Waals surface area contributed by atoms with Gasteiger partial charge in [-0.3, -0.25) is 9.69 Å². The average molecular weight is 457 g/mol. The number of nitrogens with zero attached hydrogens (tertiary/aromatic N) is 4. The van der Waals surface area contributed by atoms with Crippen LogP contribution < -0.4 is 10.3 Å². The molecule has 0 spiro atoms. The van der Waals surface area contributed by atoms with E-state index in [-0.39, 0.29) is 40.3 Å². The molecule has 2 heterocycles. The van der Waals surface area contributed by atoms with Gasteiger partial charge in [-0.2, -0.15) is 5.26 Å². The topological polar surface area (TPSA) is 110 Å². The largest absolute Gasteiger partial charge is 0.504 e. The van der Waals surface area contributed by atoms with E-state index >= 15 is 4.39 Å². The highest BCUT2D eigenvalue weighted by molar-refractivity contribution is 5.96. The number of carboxylic acids is 1. The number of pyridine rings is 1. The van der Waals surface area contributed by atoms with Crippen molar-refractivity contribution in [3.8, 4) is 11.8 Å². The minimum atomic E-state index is -1.37. The molecule has 1 saturated carbocycles. The van der Waals surface area contributed by atoms with E-state index in [1.165, 1.54) is 6.20 Å². The highest BCUT2D eigenvalue weighted by atomic mass is 19.1. The Kier molecular flexibility index (Phi) is 6.30. The van der Waals surface area contributed by atoms with Crippen LogP contribution in [0.3, 0.4) is 0 Å². The zero-order valence-electron chi connectivity index (χ0n) is 18.9. The number of aromatic carboxylic acids is 1. The van der Waals surface area contributed by atoms with Crippen LogP contribution in [0.4, 0.5) is 10.1 Å². The van der Waals surface area contributed by atoms with Crippen molar-refractivity contribution in [1.82, 2.24) is 9.47 Å². The number of hydrogen-bond acceptors (Lipinski definition) is 6. The van der Waals surface area contributed by atoms with Crippen molar-refractivity contribution < 1.29 is 19.4 Å². The van der Waals surface area contributed by atoms with E-state index in [2.05, 4.69) is 24.8 Å². The molecule has 2 atom stereocenters. The molecule has 2 N–H and O–H groups in total. The number of rotatable bonds is 8. The first-order chi connectivity index (χ1) is 15.8. The summed E-state index contributed by atoms with van der Waals surface area (Å²) in [5, 5.41) is 29.4. The summed E-state index contributed by atoms with van der Waals surface area (Å²) in [4.78, 5) is 28.3. The fraction of sp³-hybridized carbons (Fsp3) is 0.542. The third kappa shape index (κ3) is 4.15. The summed E-state index contributed by atoms with van der Waals surface area (Å²) < 4.78 is 16.9. The van der Waals surface area contributed by atoms with Crippen LogP contribution in [-0.2, 0) is 0 Å². The average Bonchev–Trinajstić information content (AvgIpc) is 3.51. The van der Waals surface area contributed by atoms with Crippen molar-refractivity contribution in [2.45, 2.75) is 51.6 Å². The van der Waals surface area contributed by atoms with E-state index < -0.39 is 22.8 Å². The maximum Gasteiger partial charge on any atom is 0.341 e. The van der Waals surface area contributed by atoms with E-state index in [1.54, 1.807) is 4.57 Å². The monoisotopic (exact) mass is 456 g/mol. The second-order valence-corrected chi connectivity index (χ2v) is 9.04. The third-order valence-electron chi connectivity index (χ3n) is 7.10. The maximum atomic E-state index is 15.3.